The standard InChI is InChI=1S/C29H30BrN3O7/c1-38-26-16-19(8-13-25(26)32-29(37)31-24-6-3-2-5-23(24)30)15-21(34)17-39-27-7-4-14-33(27)18-40-22-11-9-20(10-12-22)28(35)36/h2-3,5-6,8-13,16,27H,4,7,14-15,17-18H2,1H3,(H,35,36)(H2,31,32,37). The van der Waals surface area contributed by atoms with Crippen LogP contribution in [0.5, 0.6) is 11.5 Å². The summed E-state index contributed by atoms with van der Waals surface area (Å²) in [4.78, 5) is 38.2. The number of carboxylic acids is 1. The molecule has 3 N–H and O–H groups in total. The van der Waals surface area contributed by atoms with Crippen LogP contribution < -0.4 is 20.1 Å². The predicted octanol–water partition coefficient (Wildman–Crippen LogP) is 5.39. The summed E-state index contributed by atoms with van der Waals surface area (Å²) in [6.45, 7) is 0.990. The van der Waals surface area contributed by atoms with Gasteiger partial charge in [-0.2, -0.15) is 0 Å². The second-order valence-electron chi connectivity index (χ2n) is 9.13. The van der Waals surface area contributed by atoms with E-state index in [1.54, 1.807) is 36.4 Å². The number of urea groups is 1. The smallest absolute Gasteiger partial charge is 0.335 e. The van der Waals surface area contributed by atoms with E-state index in [1.165, 1.54) is 19.2 Å². The molecule has 0 aliphatic carbocycles. The Labute approximate surface area is 240 Å². The van der Waals surface area contributed by atoms with Crippen molar-refractivity contribution in [2.75, 3.05) is 37.6 Å². The zero-order valence-electron chi connectivity index (χ0n) is 21.9. The molecule has 0 spiro atoms. The fourth-order valence-corrected chi connectivity index (χ4v) is 4.62. The molecular weight excluding hydrogens is 582 g/mol. The van der Waals surface area contributed by atoms with Crippen molar-refractivity contribution < 1.29 is 33.7 Å². The van der Waals surface area contributed by atoms with Crippen molar-refractivity contribution in [1.29, 1.82) is 0 Å². The number of nitrogens with zero attached hydrogens (tertiary/aromatic N) is 1. The van der Waals surface area contributed by atoms with E-state index in [9.17, 15) is 14.4 Å². The number of amides is 2. The molecule has 4 rings (SSSR count). The molecule has 3 aromatic rings. The summed E-state index contributed by atoms with van der Waals surface area (Å²) >= 11 is 3.40. The zero-order valence-corrected chi connectivity index (χ0v) is 23.5. The lowest BCUT2D eigenvalue weighted by atomic mass is 10.1. The highest BCUT2D eigenvalue weighted by atomic mass is 79.9. The monoisotopic (exact) mass is 611 g/mol. The number of likely N-dealkylation sites (tertiary alicyclic amines) is 1. The van der Waals surface area contributed by atoms with Crippen LogP contribution in [-0.4, -0.2) is 61.0 Å². The number of halogens is 1. The van der Waals surface area contributed by atoms with Gasteiger partial charge in [-0.3, -0.25) is 4.79 Å². The summed E-state index contributed by atoms with van der Waals surface area (Å²) in [6, 6.07) is 18.2. The number of nitrogens with one attached hydrogen (secondary N) is 2. The van der Waals surface area contributed by atoms with Crippen molar-refractivity contribution >= 4 is 45.1 Å². The zero-order chi connectivity index (χ0) is 28.5. The normalized spacial score (nSPS) is 14.9. The number of hydrogen-bond acceptors (Lipinski definition) is 7. The molecule has 1 aliphatic rings. The molecule has 1 heterocycles. The van der Waals surface area contributed by atoms with Gasteiger partial charge in [-0.05, 0) is 82.9 Å². The van der Waals surface area contributed by atoms with E-state index in [-0.39, 0.29) is 37.3 Å². The molecule has 40 heavy (non-hydrogen) atoms. The summed E-state index contributed by atoms with van der Waals surface area (Å²) in [6.07, 6.45) is 1.61. The van der Waals surface area contributed by atoms with Crippen molar-refractivity contribution in [3.8, 4) is 11.5 Å². The molecule has 1 fully saturated rings. The van der Waals surface area contributed by atoms with Crippen LogP contribution in [0, 0.1) is 0 Å². The number of carbonyl (C=O) groups excluding carboxylic acids is 2. The number of hydrogen-bond donors (Lipinski definition) is 3. The van der Waals surface area contributed by atoms with Gasteiger partial charge in [0.05, 0.1) is 24.0 Å². The van der Waals surface area contributed by atoms with Gasteiger partial charge in [0.15, 0.2) is 5.78 Å². The number of Topliss-reactive ketones (excluding diaryl/α,β-unsaturated/α-hetero) is 1. The summed E-state index contributed by atoms with van der Waals surface area (Å²) in [5.41, 5.74) is 2.03. The molecule has 2 amide bonds. The number of carboxylic acid groups (broad SMARTS) is 1. The van der Waals surface area contributed by atoms with E-state index < -0.39 is 12.0 Å². The number of para-hydroxylation sites is 1. The molecule has 1 aliphatic heterocycles. The third-order valence-electron chi connectivity index (χ3n) is 6.28. The van der Waals surface area contributed by atoms with Crippen LogP contribution in [0.15, 0.2) is 71.2 Å². The van der Waals surface area contributed by atoms with Gasteiger partial charge >= 0.3 is 12.0 Å². The van der Waals surface area contributed by atoms with Crippen LogP contribution in [0.2, 0.25) is 0 Å². The number of carbonyl (C=O) groups is 3. The lowest BCUT2D eigenvalue weighted by Gasteiger charge is -2.24. The summed E-state index contributed by atoms with van der Waals surface area (Å²) in [5, 5.41) is 14.6. The van der Waals surface area contributed by atoms with Gasteiger partial charge in [0.25, 0.3) is 0 Å². The highest BCUT2D eigenvalue weighted by Gasteiger charge is 2.26. The lowest BCUT2D eigenvalue weighted by Crippen LogP contribution is -2.36. The number of ether oxygens (including phenoxy) is 3. The van der Waals surface area contributed by atoms with Gasteiger partial charge in [0.1, 0.15) is 31.1 Å². The molecular formula is C29H30BrN3O7. The Morgan fingerprint density at radius 3 is 2.50 bits per heavy atom. The number of benzene rings is 3. The summed E-state index contributed by atoms with van der Waals surface area (Å²) in [7, 11) is 1.50. The molecule has 0 radical (unpaired) electrons. The number of ketones is 1. The Bertz CT molecular complexity index is 1350. The quantitative estimate of drug-likeness (QED) is 0.249. The van der Waals surface area contributed by atoms with E-state index in [1.807, 2.05) is 23.1 Å². The molecule has 1 saturated heterocycles. The van der Waals surface area contributed by atoms with Gasteiger partial charge in [0.2, 0.25) is 0 Å². The Hall–Kier alpha value is -3.93. The third kappa shape index (κ3) is 8.04. The van der Waals surface area contributed by atoms with E-state index in [0.717, 1.165) is 29.4 Å². The maximum atomic E-state index is 12.7. The van der Waals surface area contributed by atoms with Crippen molar-refractivity contribution in [3.63, 3.8) is 0 Å². The van der Waals surface area contributed by atoms with Crippen LogP contribution in [-0.2, 0) is 16.0 Å². The molecule has 10 nitrogen and oxygen atoms in total. The maximum Gasteiger partial charge on any atom is 0.335 e. The Kier molecular flexibility index (Phi) is 10.1. The minimum atomic E-state index is -0.991. The first kappa shape index (κ1) is 29.1. The largest absolute Gasteiger partial charge is 0.495 e. The van der Waals surface area contributed by atoms with E-state index >= 15 is 0 Å². The average Bonchev–Trinajstić information content (AvgIpc) is 3.40. The molecule has 3 aromatic carbocycles. The van der Waals surface area contributed by atoms with Crippen molar-refractivity contribution in [2.45, 2.75) is 25.5 Å². The van der Waals surface area contributed by atoms with Crippen molar-refractivity contribution in [2.24, 2.45) is 0 Å². The summed E-state index contributed by atoms with van der Waals surface area (Å²) < 4.78 is 17.9. The second kappa shape index (κ2) is 13.9. The SMILES string of the molecule is COc1cc(CC(=O)COC2CCCN2COc2ccc(C(=O)O)cc2)ccc1NC(=O)Nc1ccccc1Br. The second-order valence-corrected chi connectivity index (χ2v) is 9.99. The lowest BCUT2D eigenvalue weighted by molar-refractivity contribution is -0.130. The number of aromatic carboxylic acids is 1. The Morgan fingerprint density at radius 2 is 1.77 bits per heavy atom. The average molecular weight is 612 g/mol. The fourth-order valence-electron chi connectivity index (χ4n) is 4.24. The topological polar surface area (TPSA) is 126 Å². The van der Waals surface area contributed by atoms with Crippen LogP contribution >= 0.6 is 15.9 Å². The molecule has 1 unspecified atom stereocenters. The first-order chi connectivity index (χ1) is 19.3. The minimum absolute atomic E-state index is 0.0504. The predicted molar refractivity (Wildman–Crippen MR) is 153 cm³/mol. The number of anilines is 2. The van der Waals surface area contributed by atoms with Gasteiger partial charge in [-0.15, -0.1) is 0 Å². The molecule has 0 bridgehead atoms. The van der Waals surface area contributed by atoms with Crippen LogP contribution in [0.1, 0.15) is 28.8 Å². The van der Waals surface area contributed by atoms with Gasteiger partial charge in [-0.1, -0.05) is 18.2 Å². The molecule has 0 saturated carbocycles. The van der Waals surface area contributed by atoms with Crippen LogP contribution in [0.4, 0.5) is 16.2 Å². The van der Waals surface area contributed by atoms with E-state index in [2.05, 4.69) is 26.6 Å². The van der Waals surface area contributed by atoms with Crippen molar-refractivity contribution in [1.82, 2.24) is 4.90 Å². The number of methoxy groups -OCH3 is 1. The minimum Gasteiger partial charge on any atom is -0.495 e. The van der Waals surface area contributed by atoms with E-state index in [0.29, 0.717) is 22.9 Å². The first-order valence-corrected chi connectivity index (χ1v) is 13.4. The molecule has 0 aromatic heterocycles. The third-order valence-corrected chi connectivity index (χ3v) is 6.97. The van der Waals surface area contributed by atoms with E-state index in [4.69, 9.17) is 19.3 Å². The molecule has 1 atom stereocenters. The van der Waals surface area contributed by atoms with Crippen LogP contribution in [0.25, 0.3) is 0 Å². The highest BCUT2D eigenvalue weighted by molar-refractivity contribution is 9.10. The van der Waals surface area contributed by atoms with Gasteiger partial charge in [0, 0.05) is 17.4 Å². The maximum absolute atomic E-state index is 12.7. The first-order valence-electron chi connectivity index (χ1n) is 12.7. The Morgan fingerprint density at radius 1 is 1.02 bits per heavy atom. The van der Waals surface area contributed by atoms with Crippen LogP contribution in [0.3, 0.4) is 0 Å². The fraction of sp³-hybridized carbons (Fsp3) is 0.276. The Balaban J connectivity index is 1.25. The van der Waals surface area contributed by atoms with Crippen molar-refractivity contribution in [3.05, 3.63) is 82.3 Å². The molecule has 11 heteroatoms. The number of rotatable bonds is 12. The van der Waals surface area contributed by atoms with Gasteiger partial charge in [-0.25, -0.2) is 14.5 Å². The molecule has 210 valence electrons. The van der Waals surface area contributed by atoms with Gasteiger partial charge < -0.3 is 30.0 Å². The summed E-state index contributed by atoms with van der Waals surface area (Å²) in [5.74, 6) is -0.0884. The highest BCUT2D eigenvalue weighted by Crippen LogP contribution is 2.27.